The molecule has 14 heavy (non-hydrogen) atoms. The van der Waals surface area contributed by atoms with Crippen molar-refractivity contribution in [2.45, 2.75) is 51.6 Å². The number of hydrogen-bond acceptors (Lipinski definition) is 2. The van der Waals surface area contributed by atoms with E-state index in [4.69, 9.17) is 0 Å². The summed E-state index contributed by atoms with van der Waals surface area (Å²) in [5, 5.41) is 0. The first kappa shape index (κ1) is 10.2. The number of carbonyl (C=O) groups is 1. The van der Waals surface area contributed by atoms with Crippen molar-refractivity contribution in [3.63, 3.8) is 0 Å². The molecule has 2 saturated heterocycles. The Morgan fingerprint density at radius 1 is 1.14 bits per heavy atom. The largest absolute Gasteiger partial charge is 0.299 e. The van der Waals surface area contributed by atoms with Crippen LogP contribution in [0.2, 0.25) is 0 Å². The topological polar surface area (TPSA) is 20.3 Å². The summed E-state index contributed by atoms with van der Waals surface area (Å²) >= 11 is 0. The smallest absolute Gasteiger partial charge is 0.142 e. The second kappa shape index (κ2) is 3.65. The van der Waals surface area contributed by atoms with E-state index in [1.807, 2.05) is 0 Å². The fourth-order valence-corrected chi connectivity index (χ4v) is 3.57. The van der Waals surface area contributed by atoms with Crippen LogP contribution in [0.1, 0.15) is 39.5 Å². The van der Waals surface area contributed by atoms with Gasteiger partial charge in [0.25, 0.3) is 0 Å². The molecule has 0 aromatic rings. The average molecular weight is 195 g/mol. The molecule has 2 heteroatoms. The third-order valence-electron chi connectivity index (χ3n) is 4.34. The van der Waals surface area contributed by atoms with Crippen molar-refractivity contribution >= 4 is 5.78 Å². The molecule has 2 heterocycles. The maximum absolute atomic E-state index is 12.2. The van der Waals surface area contributed by atoms with Gasteiger partial charge in [0.15, 0.2) is 0 Å². The van der Waals surface area contributed by atoms with Crippen LogP contribution < -0.4 is 0 Å². The lowest BCUT2D eigenvalue weighted by Gasteiger charge is -2.41. The summed E-state index contributed by atoms with van der Waals surface area (Å²) in [6.07, 6.45) is 4.53. The van der Waals surface area contributed by atoms with E-state index >= 15 is 0 Å². The van der Waals surface area contributed by atoms with Gasteiger partial charge in [-0.3, -0.25) is 9.69 Å². The molecule has 0 spiro atoms. The molecule has 0 aliphatic carbocycles. The summed E-state index contributed by atoms with van der Waals surface area (Å²) < 4.78 is 0. The van der Waals surface area contributed by atoms with Crippen molar-refractivity contribution in [3.8, 4) is 0 Å². The molecule has 2 fully saturated rings. The van der Waals surface area contributed by atoms with Gasteiger partial charge < -0.3 is 0 Å². The van der Waals surface area contributed by atoms with Crippen LogP contribution in [0.25, 0.3) is 0 Å². The van der Waals surface area contributed by atoms with Crippen molar-refractivity contribution in [2.24, 2.45) is 11.8 Å². The number of rotatable bonds is 2. The third-order valence-corrected chi connectivity index (χ3v) is 4.34. The first-order valence-corrected chi connectivity index (χ1v) is 5.96. The molecule has 0 N–H and O–H groups in total. The zero-order valence-corrected chi connectivity index (χ0v) is 9.49. The molecule has 2 rings (SSSR count). The molecule has 0 aromatic heterocycles. The molecule has 0 amide bonds. The monoisotopic (exact) mass is 195 g/mol. The molecule has 0 saturated carbocycles. The summed E-state index contributed by atoms with van der Waals surface area (Å²) in [7, 11) is 2.21. The van der Waals surface area contributed by atoms with E-state index in [0.29, 0.717) is 29.7 Å². The second-order valence-corrected chi connectivity index (χ2v) is 4.81. The maximum Gasteiger partial charge on any atom is 0.142 e. The number of piperidine rings is 1. The number of Topliss-reactive ketones (excluding diaryl/α,β-unsaturated/α-hetero) is 1. The minimum atomic E-state index is 0.323. The van der Waals surface area contributed by atoms with E-state index in [2.05, 4.69) is 25.8 Å². The van der Waals surface area contributed by atoms with Crippen LogP contribution in [0.3, 0.4) is 0 Å². The predicted molar refractivity (Wildman–Crippen MR) is 57.1 cm³/mol. The van der Waals surface area contributed by atoms with Gasteiger partial charge in [-0.25, -0.2) is 0 Å². The van der Waals surface area contributed by atoms with Gasteiger partial charge in [-0.2, -0.15) is 0 Å². The van der Waals surface area contributed by atoms with E-state index in [1.165, 1.54) is 12.8 Å². The lowest BCUT2D eigenvalue weighted by atomic mass is 9.79. The molecule has 0 radical (unpaired) electrons. The van der Waals surface area contributed by atoms with Crippen LogP contribution in [0.4, 0.5) is 0 Å². The highest BCUT2D eigenvalue weighted by atomic mass is 16.1. The lowest BCUT2D eigenvalue weighted by Crippen LogP contribution is -2.52. The molecule has 2 aliphatic heterocycles. The first-order chi connectivity index (χ1) is 6.70. The third kappa shape index (κ3) is 1.23. The minimum Gasteiger partial charge on any atom is -0.299 e. The van der Waals surface area contributed by atoms with Gasteiger partial charge in [0.1, 0.15) is 5.78 Å². The van der Waals surface area contributed by atoms with Crippen LogP contribution in [0.15, 0.2) is 0 Å². The minimum absolute atomic E-state index is 0.323. The molecule has 4 atom stereocenters. The van der Waals surface area contributed by atoms with E-state index in [9.17, 15) is 4.79 Å². The molecule has 2 aliphatic rings. The molecular formula is C12H21NO. The molecule has 4 unspecified atom stereocenters. The summed E-state index contributed by atoms with van der Waals surface area (Å²) in [5.41, 5.74) is 0. The fraction of sp³-hybridized carbons (Fsp3) is 0.917. The van der Waals surface area contributed by atoms with Crippen LogP contribution in [0, 0.1) is 11.8 Å². The van der Waals surface area contributed by atoms with Gasteiger partial charge in [0.05, 0.1) is 0 Å². The Hall–Kier alpha value is -0.370. The van der Waals surface area contributed by atoms with Gasteiger partial charge in [0.2, 0.25) is 0 Å². The number of carbonyl (C=O) groups excluding carboxylic acids is 1. The maximum atomic E-state index is 12.2. The van der Waals surface area contributed by atoms with Crippen molar-refractivity contribution < 1.29 is 4.79 Å². The van der Waals surface area contributed by atoms with Crippen LogP contribution >= 0.6 is 0 Å². The molecule has 2 nitrogen and oxygen atoms in total. The van der Waals surface area contributed by atoms with Gasteiger partial charge >= 0.3 is 0 Å². The van der Waals surface area contributed by atoms with Gasteiger partial charge in [-0.1, -0.05) is 13.8 Å². The van der Waals surface area contributed by atoms with Crippen molar-refractivity contribution in [1.29, 1.82) is 0 Å². The fourth-order valence-electron chi connectivity index (χ4n) is 3.57. The number of hydrogen-bond donors (Lipinski definition) is 0. The Morgan fingerprint density at radius 2 is 1.57 bits per heavy atom. The van der Waals surface area contributed by atoms with Crippen LogP contribution in [0.5, 0.6) is 0 Å². The standard InChI is InChI=1S/C12H21NO/c1-4-8-10-6-7-11(13(10)3)9(5-2)12(8)14/h8-11H,4-7H2,1-3H3. The SMILES string of the molecule is CCC1C(=O)C(CC)C2CCC1N2C. The summed E-state index contributed by atoms with van der Waals surface area (Å²) in [6.45, 7) is 4.31. The Morgan fingerprint density at radius 3 is 1.93 bits per heavy atom. The van der Waals surface area contributed by atoms with Crippen LogP contribution in [-0.4, -0.2) is 29.8 Å². The number of ketones is 1. The summed E-state index contributed by atoms with van der Waals surface area (Å²) in [6, 6.07) is 1.11. The highest BCUT2D eigenvalue weighted by Crippen LogP contribution is 2.41. The van der Waals surface area contributed by atoms with Crippen molar-refractivity contribution in [2.75, 3.05) is 7.05 Å². The second-order valence-electron chi connectivity index (χ2n) is 4.81. The predicted octanol–water partition coefficient (Wildman–Crippen LogP) is 2.08. The van der Waals surface area contributed by atoms with Gasteiger partial charge in [0, 0.05) is 23.9 Å². The molecule has 2 bridgehead atoms. The zero-order valence-electron chi connectivity index (χ0n) is 9.49. The lowest BCUT2D eigenvalue weighted by molar-refractivity contribution is -0.135. The Bertz CT molecular complexity index is 216. The van der Waals surface area contributed by atoms with Crippen molar-refractivity contribution in [1.82, 2.24) is 4.90 Å². The number of fused-ring (bicyclic) bond motifs is 2. The summed E-state index contributed by atoms with van der Waals surface area (Å²) in [4.78, 5) is 14.6. The molecular weight excluding hydrogens is 174 g/mol. The highest BCUT2D eigenvalue weighted by Gasteiger charge is 2.49. The molecule has 0 aromatic carbocycles. The Kier molecular flexibility index (Phi) is 2.65. The van der Waals surface area contributed by atoms with Crippen molar-refractivity contribution in [3.05, 3.63) is 0 Å². The van der Waals surface area contributed by atoms with E-state index in [-0.39, 0.29) is 0 Å². The number of nitrogens with zero attached hydrogens (tertiary/aromatic N) is 1. The van der Waals surface area contributed by atoms with E-state index < -0.39 is 0 Å². The normalized spacial score (nSPS) is 43.2. The first-order valence-electron chi connectivity index (χ1n) is 5.96. The van der Waals surface area contributed by atoms with E-state index in [0.717, 1.165) is 12.8 Å². The van der Waals surface area contributed by atoms with Gasteiger partial charge in [-0.15, -0.1) is 0 Å². The average Bonchev–Trinajstić information content (AvgIpc) is 2.48. The Balaban J connectivity index is 2.26. The molecule has 80 valence electrons. The van der Waals surface area contributed by atoms with Crippen LogP contribution in [-0.2, 0) is 4.79 Å². The highest BCUT2D eigenvalue weighted by molar-refractivity contribution is 5.86. The van der Waals surface area contributed by atoms with E-state index in [1.54, 1.807) is 0 Å². The Labute approximate surface area is 86.7 Å². The van der Waals surface area contributed by atoms with Gasteiger partial charge in [-0.05, 0) is 32.7 Å². The zero-order chi connectivity index (χ0) is 10.3. The quantitative estimate of drug-likeness (QED) is 0.672. The summed E-state index contributed by atoms with van der Waals surface area (Å²) in [5.74, 6) is 1.20.